The van der Waals surface area contributed by atoms with E-state index in [0.717, 1.165) is 0 Å². The number of nitrogens with one attached hydrogen (secondary N) is 2. The fourth-order valence-corrected chi connectivity index (χ4v) is 4.99. The van der Waals surface area contributed by atoms with Crippen LogP contribution < -0.4 is 9.47 Å². The molecular weight excluding hydrogens is 472 g/mol. The zero-order valence-corrected chi connectivity index (χ0v) is 19.8. The Balaban J connectivity index is 1.61. The Kier molecular flexibility index (Phi) is 5.58. The molecule has 1 aromatic carbocycles. The highest BCUT2D eigenvalue weighted by molar-refractivity contribution is 6.00. The number of ether oxygens (including phenoxy) is 4. The molecule has 2 N–H and O–H groups in total. The number of methoxy groups -OCH3 is 2. The van der Waals surface area contributed by atoms with Gasteiger partial charge in [0.05, 0.1) is 14.2 Å². The number of carbonyl (C=O) groups is 4. The predicted molar refractivity (Wildman–Crippen MR) is 119 cm³/mol. The molecule has 0 saturated heterocycles. The fourth-order valence-electron chi connectivity index (χ4n) is 4.99. The summed E-state index contributed by atoms with van der Waals surface area (Å²) in [6.07, 6.45) is 0. The van der Waals surface area contributed by atoms with Crippen LogP contribution in [0.5, 0.6) is 11.8 Å². The number of carbonyl (C=O) groups excluding carboxylic acids is 4. The van der Waals surface area contributed by atoms with Gasteiger partial charge in [0.25, 0.3) is 0 Å². The number of rotatable bonds is 4. The first-order valence-corrected chi connectivity index (χ1v) is 11.0. The van der Waals surface area contributed by atoms with Crippen LogP contribution in [0.2, 0.25) is 0 Å². The van der Waals surface area contributed by atoms with E-state index in [-0.39, 0.29) is 11.8 Å². The summed E-state index contributed by atoms with van der Waals surface area (Å²) in [6, 6.07) is 6.92. The Morgan fingerprint density at radius 3 is 1.44 bits per heavy atom. The molecule has 0 saturated carbocycles. The van der Waals surface area contributed by atoms with Gasteiger partial charge in [0.15, 0.2) is 11.8 Å². The first-order chi connectivity index (χ1) is 17.3. The normalized spacial score (nSPS) is 22.7. The van der Waals surface area contributed by atoms with Gasteiger partial charge < -0.3 is 18.9 Å². The Bertz CT molecular complexity index is 1280. The number of aromatic amines is 2. The summed E-state index contributed by atoms with van der Waals surface area (Å²) in [5.41, 5.74) is 3.65. The summed E-state index contributed by atoms with van der Waals surface area (Å²) in [6.45, 7) is 3.52. The first kappa shape index (κ1) is 23.3. The summed E-state index contributed by atoms with van der Waals surface area (Å²) in [5.74, 6) is -6.72. The van der Waals surface area contributed by atoms with Gasteiger partial charge >= 0.3 is 23.9 Å². The molecule has 12 nitrogen and oxygen atoms in total. The summed E-state index contributed by atoms with van der Waals surface area (Å²) in [5, 5.41) is 13.7. The molecule has 2 aliphatic rings. The van der Waals surface area contributed by atoms with Crippen LogP contribution in [-0.2, 0) is 28.7 Å². The second-order valence-electron chi connectivity index (χ2n) is 8.60. The van der Waals surface area contributed by atoms with E-state index < -0.39 is 47.5 Å². The number of hydrogen-bond acceptors (Lipinski definition) is 10. The Morgan fingerprint density at radius 1 is 0.750 bits per heavy atom. The number of esters is 4. The van der Waals surface area contributed by atoms with Crippen molar-refractivity contribution in [2.75, 3.05) is 14.2 Å². The van der Waals surface area contributed by atoms with E-state index in [1.54, 1.807) is 38.1 Å². The maximum atomic E-state index is 12.7. The lowest BCUT2D eigenvalue weighted by Crippen LogP contribution is -2.39. The van der Waals surface area contributed by atoms with Gasteiger partial charge in [-0.15, -0.1) is 10.2 Å². The van der Waals surface area contributed by atoms with Crippen molar-refractivity contribution >= 4 is 23.9 Å². The Morgan fingerprint density at radius 2 is 1.11 bits per heavy atom. The highest BCUT2D eigenvalue weighted by Gasteiger charge is 2.48. The van der Waals surface area contributed by atoms with E-state index in [1.165, 1.54) is 14.2 Å². The average Bonchev–Trinajstić information content (AvgIpc) is 3.43. The third kappa shape index (κ3) is 3.44. The number of fused-ring (bicyclic) bond motifs is 2. The number of nitrogens with zero attached hydrogens (tertiary/aromatic N) is 2. The van der Waals surface area contributed by atoms with E-state index in [9.17, 15) is 19.2 Å². The van der Waals surface area contributed by atoms with Gasteiger partial charge in [0.1, 0.15) is 0 Å². The topological polar surface area (TPSA) is 163 Å². The quantitative estimate of drug-likeness (QED) is 0.401. The van der Waals surface area contributed by atoms with Crippen molar-refractivity contribution in [2.24, 2.45) is 11.8 Å². The van der Waals surface area contributed by atoms with Crippen LogP contribution >= 0.6 is 0 Å². The highest BCUT2D eigenvalue weighted by atomic mass is 16.6. The van der Waals surface area contributed by atoms with Crippen LogP contribution in [0.25, 0.3) is 0 Å². The molecule has 0 bridgehead atoms. The van der Waals surface area contributed by atoms with Gasteiger partial charge in [-0.2, -0.15) is 0 Å². The van der Waals surface area contributed by atoms with Crippen LogP contribution in [0.15, 0.2) is 24.3 Å². The van der Waals surface area contributed by atoms with Crippen LogP contribution in [-0.4, -0.2) is 58.5 Å². The first-order valence-electron chi connectivity index (χ1n) is 11.0. The SMILES string of the molecule is COC(=O)C1C(=O)Oc2n[nH]c(C)c2C1c1ccc(C2c3c(n[nH]c3C)OC(=O)C2C(=O)OC)cc1. The summed E-state index contributed by atoms with van der Waals surface area (Å²) < 4.78 is 20.3. The summed E-state index contributed by atoms with van der Waals surface area (Å²) >= 11 is 0. The van der Waals surface area contributed by atoms with Crippen molar-refractivity contribution in [1.82, 2.24) is 20.4 Å². The smallest absolute Gasteiger partial charge is 0.328 e. The molecule has 4 unspecified atom stereocenters. The van der Waals surface area contributed by atoms with E-state index in [1.807, 2.05) is 0 Å². The lowest BCUT2D eigenvalue weighted by molar-refractivity contribution is -0.159. The molecular formula is C24H22N4O8. The standard InChI is InChI=1S/C24H22N4O8/c1-9-13-15(17(21(29)33-3)23(31)35-19(13)27-25-9)11-5-7-12(8-6-11)16-14-10(2)26-28-20(14)36-24(32)18(16)22(30)34-4/h5-8,15-18H,1-4H3,(H,25,27)(H,26,28). The monoisotopic (exact) mass is 494 g/mol. The summed E-state index contributed by atoms with van der Waals surface area (Å²) in [7, 11) is 2.40. The third-order valence-corrected chi connectivity index (χ3v) is 6.68. The molecule has 0 spiro atoms. The van der Waals surface area contributed by atoms with E-state index in [0.29, 0.717) is 33.6 Å². The van der Waals surface area contributed by atoms with E-state index in [2.05, 4.69) is 20.4 Å². The van der Waals surface area contributed by atoms with Crippen molar-refractivity contribution in [1.29, 1.82) is 0 Å². The van der Waals surface area contributed by atoms with Gasteiger partial charge in [-0.05, 0) is 25.0 Å². The lowest BCUT2D eigenvalue weighted by atomic mass is 9.76. The Labute approximate surface area is 204 Å². The van der Waals surface area contributed by atoms with E-state index >= 15 is 0 Å². The number of aromatic nitrogens is 4. The largest absolute Gasteiger partial charge is 0.468 e. The van der Waals surface area contributed by atoms with Gasteiger partial charge in [0, 0.05) is 34.4 Å². The van der Waals surface area contributed by atoms with Gasteiger partial charge in [-0.25, -0.2) is 0 Å². The molecule has 0 fully saturated rings. The molecule has 36 heavy (non-hydrogen) atoms. The molecule has 5 rings (SSSR count). The second-order valence-corrected chi connectivity index (χ2v) is 8.60. The maximum absolute atomic E-state index is 12.7. The lowest BCUT2D eigenvalue weighted by Gasteiger charge is -2.30. The van der Waals surface area contributed by atoms with Gasteiger partial charge in [-0.1, -0.05) is 24.3 Å². The molecule has 2 aromatic heterocycles. The molecule has 4 atom stereocenters. The average molecular weight is 494 g/mol. The van der Waals surface area contributed by atoms with Crippen molar-refractivity contribution in [3.05, 3.63) is 57.9 Å². The second kappa shape index (κ2) is 8.63. The fraction of sp³-hybridized carbons (Fsp3) is 0.333. The number of aryl methyl sites for hydroxylation is 2. The van der Waals surface area contributed by atoms with Gasteiger partial charge in [0.2, 0.25) is 11.8 Å². The molecule has 186 valence electrons. The molecule has 2 aliphatic heterocycles. The van der Waals surface area contributed by atoms with E-state index in [4.69, 9.17) is 18.9 Å². The number of hydrogen-bond donors (Lipinski definition) is 2. The third-order valence-electron chi connectivity index (χ3n) is 6.68. The Hall–Kier alpha value is -4.48. The number of H-pyrrole nitrogens is 2. The van der Waals surface area contributed by atoms with Crippen LogP contribution in [0.1, 0.15) is 45.5 Å². The zero-order valence-electron chi connectivity index (χ0n) is 19.8. The van der Waals surface area contributed by atoms with Gasteiger partial charge in [-0.3, -0.25) is 29.4 Å². The zero-order chi connectivity index (χ0) is 25.7. The van der Waals surface area contributed by atoms with Crippen molar-refractivity contribution < 1.29 is 38.1 Å². The minimum atomic E-state index is -1.24. The van der Waals surface area contributed by atoms with Crippen molar-refractivity contribution in [3.8, 4) is 11.8 Å². The molecule has 4 heterocycles. The van der Waals surface area contributed by atoms with Crippen LogP contribution in [0.3, 0.4) is 0 Å². The summed E-state index contributed by atoms with van der Waals surface area (Å²) in [4.78, 5) is 50.6. The molecule has 0 radical (unpaired) electrons. The predicted octanol–water partition coefficient (Wildman–Crippen LogP) is 1.43. The molecule has 3 aromatic rings. The minimum Gasteiger partial charge on any atom is -0.468 e. The molecule has 0 aliphatic carbocycles. The highest BCUT2D eigenvalue weighted by Crippen LogP contribution is 2.46. The van der Waals surface area contributed by atoms with Crippen molar-refractivity contribution in [2.45, 2.75) is 25.7 Å². The maximum Gasteiger partial charge on any atom is 0.328 e. The number of benzene rings is 1. The molecule has 0 amide bonds. The van der Waals surface area contributed by atoms with Crippen LogP contribution in [0, 0.1) is 25.7 Å². The minimum absolute atomic E-state index is 0.103. The van der Waals surface area contributed by atoms with Crippen molar-refractivity contribution in [3.63, 3.8) is 0 Å². The molecule has 12 heteroatoms. The van der Waals surface area contributed by atoms with Crippen LogP contribution in [0.4, 0.5) is 0 Å².